The minimum Gasteiger partial charge on any atom is -0.378 e. The fourth-order valence-corrected chi connectivity index (χ4v) is 2.79. The molecule has 0 bridgehead atoms. The molecule has 2 rings (SSSR count). The molecule has 1 fully saturated rings. The van der Waals surface area contributed by atoms with Crippen LogP contribution < -0.4 is 11.3 Å². The highest BCUT2D eigenvalue weighted by Gasteiger charge is 2.18. The van der Waals surface area contributed by atoms with Crippen molar-refractivity contribution in [1.29, 1.82) is 0 Å². The Labute approximate surface area is 116 Å². The average molecular weight is 262 g/mol. The number of benzene rings is 1. The number of nitrogens with two attached hydrogens (primary N) is 1. The van der Waals surface area contributed by atoms with Crippen LogP contribution in [0.4, 0.5) is 0 Å². The van der Waals surface area contributed by atoms with Crippen LogP contribution in [0, 0.1) is 13.8 Å². The summed E-state index contributed by atoms with van der Waals surface area (Å²) < 4.78 is 5.67. The van der Waals surface area contributed by atoms with Gasteiger partial charge in [-0.2, -0.15) is 0 Å². The molecule has 2 atom stereocenters. The zero-order chi connectivity index (χ0) is 13.7. The summed E-state index contributed by atoms with van der Waals surface area (Å²) in [6, 6.07) is 6.96. The third kappa shape index (κ3) is 4.30. The van der Waals surface area contributed by atoms with Gasteiger partial charge in [0, 0.05) is 12.6 Å². The summed E-state index contributed by atoms with van der Waals surface area (Å²) in [5.74, 6) is 5.70. The van der Waals surface area contributed by atoms with Crippen LogP contribution in [0.1, 0.15) is 42.4 Å². The molecule has 1 aromatic carbocycles. The number of hydrogen-bond donors (Lipinski definition) is 2. The Hall–Kier alpha value is -0.900. The molecule has 2 unspecified atom stereocenters. The Balaban J connectivity index is 1.88. The van der Waals surface area contributed by atoms with Gasteiger partial charge in [-0.15, -0.1) is 0 Å². The molecule has 19 heavy (non-hydrogen) atoms. The Morgan fingerprint density at radius 2 is 2.26 bits per heavy atom. The fourth-order valence-electron chi connectivity index (χ4n) is 2.79. The van der Waals surface area contributed by atoms with E-state index in [9.17, 15) is 0 Å². The smallest absolute Gasteiger partial charge is 0.0576 e. The van der Waals surface area contributed by atoms with Crippen molar-refractivity contribution >= 4 is 0 Å². The number of aryl methyl sites for hydroxylation is 2. The minimum absolute atomic E-state index is 0.338. The molecule has 1 aliphatic heterocycles. The van der Waals surface area contributed by atoms with Gasteiger partial charge in [-0.05, 0) is 57.1 Å². The number of ether oxygens (including phenoxy) is 1. The first-order valence-electron chi connectivity index (χ1n) is 7.33. The topological polar surface area (TPSA) is 47.3 Å². The van der Waals surface area contributed by atoms with Crippen molar-refractivity contribution in [3.63, 3.8) is 0 Å². The highest BCUT2D eigenvalue weighted by atomic mass is 16.5. The monoisotopic (exact) mass is 262 g/mol. The van der Waals surface area contributed by atoms with Gasteiger partial charge in [-0.3, -0.25) is 11.3 Å². The second-order valence-corrected chi connectivity index (χ2v) is 5.71. The Morgan fingerprint density at radius 3 is 2.95 bits per heavy atom. The van der Waals surface area contributed by atoms with Gasteiger partial charge in [0.15, 0.2) is 0 Å². The summed E-state index contributed by atoms with van der Waals surface area (Å²) >= 11 is 0. The molecule has 3 N–H and O–H groups in total. The van der Waals surface area contributed by atoms with Gasteiger partial charge >= 0.3 is 0 Å². The van der Waals surface area contributed by atoms with Crippen LogP contribution in [-0.4, -0.2) is 18.8 Å². The van der Waals surface area contributed by atoms with E-state index >= 15 is 0 Å². The molecule has 0 saturated carbocycles. The lowest BCUT2D eigenvalue weighted by molar-refractivity contribution is 0.0996. The van der Waals surface area contributed by atoms with Crippen LogP contribution in [-0.2, 0) is 11.2 Å². The van der Waals surface area contributed by atoms with Crippen molar-refractivity contribution in [2.75, 3.05) is 6.61 Å². The van der Waals surface area contributed by atoms with Gasteiger partial charge in [0.05, 0.1) is 6.10 Å². The molecule has 106 valence electrons. The van der Waals surface area contributed by atoms with Crippen LogP contribution in [0.2, 0.25) is 0 Å². The normalized spacial score (nSPS) is 20.7. The first-order chi connectivity index (χ1) is 9.19. The Bertz CT molecular complexity index is 400. The van der Waals surface area contributed by atoms with Crippen LogP contribution in [0.3, 0.4) is 0 Å². The van der Waals surface area contributed by atoms with E-state index in [-0.39, 0.29) is 0 Å². The minimum atomic E-state index is 0.338. The maximum Gasteiger partial charge on any atom is 0.0576 e. The summed E-state index contributed by atoms with van der Waals surface area (Å²) in [5.41, 5.74) is 7.03. The number of nitrogens with one attached hydrogen (secondary N) is 1. The van der Waals surface area contributed by atoms with E-state index in [1.165, 1.54) is 29.5 Å². The second-order valence-electron chi connectivity index (χ2n) is 5.71. The highest BCUT2D eigenvalue weighted by Crippen LogP contribution is 2.20. The van der Waals surface area contributed by atoms with Gasteiger partial charge in [0.1, 0.15) is 0 Å². The molecule has 0 spiro atoms. The van der Waals surface area contributed by atoms with Crippen molar-refractivity contribution in [2.45, 2.75) is 58.1 Å². The summed E-state index contributed by atoms with van der Waals surface area (Å²) in [4.78, 5) is 0. The number of hydrogen-bond acceptors (Lipinski definition) is 3. The lowest BCUT2D eigenvalue weighted by Crippen LogP contribution is -2.37. The molecule has 1 aliphatic rings. The second kappa shape index (κ2) is 7.04. The Kier molecular flexibility index (Phi) is 5.37. The third-order valence-electron chi connectivity index (χ3n) is 4.07. The zero-order valence-electron chi connectivity index (χ0n) is 12.1. The van der Waals surface area contributed by atoms with Gasteiger partial charge in [-0.25, -0.2) is 0 Å². The van der Waals surface area contributed by atoms with Gasteiger partial charge < -0.3 is 4.74 Å². The zero-order valence-corrected chi connectivity index (χ0v) is 12.1. The molecule has 1 saturated heterocycles. The van der Waals surface area contributed by atoms with Crippen LogP contribution in [0.25, 0.3) is 0 Å². The molecule has 1 aromatic rings. The summed E-state index contributed by atoms with van der Waals surface area (Å²) in [6.45, 7) is 5.24. The molecule has 0 aromatic heterocycles. The van der Waals surface area contributed by atoms with Crippen molar-refractivity contribution in [3.8, 4) is 0 Å². The van der Waals surface area contributed by atoms with Gasteiger partial charge in [0.25, 0.3) is 0 Å². The average Bonchev–Trinajstić information content (AvgIpc) is 2.91. The van der Waals surface area contributed by atoms with Crippen molar-refractivity contribution in [2.24, 2.45) is 5.84 Å². The van der Waals surface area contributed by atoms with E-state index in [1.807, 2.05) is 0 Å². The van der Waals surface area contributed by atoms with Crippen LogP contribution >= 0.6 is 0 Å². The molecular weight excluding hydrogens is 236 g/mol. The van der Waals surface area contributed by atoms with Gasteiger partial charge in [-0.1, -0.05) is 23.8 Å². The van der Waals surface area contributed by atoms with Crippen LogP contribution in [0.5, 0.6) is 0 Å². The van der Waals surface area contributed by atoms with E-state index < -0.39 is 0 Å². The van der Waals surface area contributed by atoms with Crippen molar-refractivity contribution in [1.82, 2.24) is 5.43 Å². The number of hydrazine groups is 1. The van der Waals surface area contributed by atoms with Crippen LogP contribution in [0.15, 0.2) is 18.2 Å². The molecule has 0 radical (unpaired) electrons. The summed E-state index contributed by atoms with van der Waals surface area (Å²) in [7, 11) is 0. The van der Waals surface area contributed by atoms with Crippen molar-refractivity contribution < 1.29 is 4.74 Å². The van der Waals surface area contributed by atoms with E-state index in [0.29, 0.717) is 12.1 Å². The molecular formula is C16H26N2O. The van der Waals surface area contributed by atoms with E-state index in [1.54, 1.807) is 0 Å². The largest absolute Gasteiger partial charge is 0.378 e. The summed E-state index contributed by atoms with van der Waals surface area (Å²) in [6.07, 6.45) is 6.06. The predicted octanol–water partition coefficient (Wildman–Crippen LogP) is 2.64. The predicted molar refractivity (Wildman–Crippen MR) is 78.9 cm³/mol. The van der Waals surface area contributed by atoms with E-state index in [4.69, 9.17) is 10.6 Å². The third-order valence-corrected chi connectivity index (χ3v) is 4.07. The fraction of sp³-hybridized carbons (Fsp3) is 0.625. The molecule has 0 amide bonds. The SMILES string of the molecule is Cc1ccc(C)c(CC(CCC2CCCO2)NN)c1. The molecule has 1 heterocycles. The molecule has 0 aliphatic carbocycles. The van der Waals surface area contributed by atoms with Crippen molar-refractivity contribution in [3.05, 3.63) is 34.9 Å². The van der Waals surface area contributed by atoms with Gasteiger partial charge in [0.2, 0.25) is 0 Å². The first-order valence-corrected chi connectivity index (χ1v) is 7.33. The lowest BCUT2D eigenvalue weighted by Gasteiger charge is -2.19. The Morgan fingerprint density at radius 1 is 1.42 bits per heavy atom. The molecule has 3 nitrogen and oxygen atoms in total. The number of rotatable bonds is 6. The maximum absolute atomic E-state index is 5.70. The maximum atomic E-state index is 5.70. The standard InChI is InChI=1S/C16H26N2O/c1-12-5-6-13(2)14(10-12)11-15(18-17)7-8-16-4-3-9-19-16/h5-6,10,15-16,18H,3-4,7-9,11,17H2,1-2H3. The first kappa shape index (κ1) is 14.5. The highest BCUT2D eigenvalue weighted by molar-refractivity contribution is 5.31. The molecule has 3 heteroatoms. The van der Waals surface area contributed by atoms with E-state index in [0.717, 1.165) is 25.9 Å². The van der Waals surface area contributed by atoms with E-state index in [2.05, 4.69) is 37.5 Å². The lowest BCUT2D eigenvalue weighted by atomic mass is 9.96. The summed E-state index contributed by atoms with van der Waals surface area (Å²) in [5, 5.41) is 0. The quantitative estimate of drug-likeness (QED) is 0.612.